The summed E-state index contributed by atoms with van der Waals surface area (Å²) in [5.74, 6) is 0. The minimum atomic E-state index is -3.99. The Labute approximate surface area is 54.5 Å². The molecule has 0 fully saturated rings. The SMILES string of the molecule is C=CCCNS(=O)(=O)O. The molecule has 0 aromatic heterocycles. The van der Waals surface area contributed by atoms with Crippen LogP contribution in [0.3, 0.4) is 0 Å². The minimum Gasteiger partial charge on any atom is -0.273 e. The summed E-state index contributed by atoms with van der Waals surface area (Å²) < 4.78 is 29.8. The van der Waals surface area contributed by atoms with E-state index in [4.69, 9.17) is 4.55 Å². The normalized spacial score (nSPS) is 11.2. The highest BCUT2D eigenvalue weighted by Gasteiger charge is 1.98. The molecule has 0 amide bonds. The first-order chi connectivity index (χ1) is 4.06. The van der Waals surface area contributed by atoms with E-state index in [1.54, 1.807) is 6.08 Å². The largest absolute Gasteiger partial charge is 0.333 e. The molecule has 5 heteroatoms. The van der Waals surface area contributed by atoms with Crippen molar-refractivity contribution in [1.82, 2.24) is 4.72 Å². The third kappa shape index (κ3) is 7.61. The van der Waals surface area contributed by atoms with Crippen LogP contribution in [-0.4, -0.2) is 19.5 Å². The van der Waals surface area contributed by atoms with Crippen molar-refractivity contribution in [3.05, 3.63) is 12.7 Å². The number of hydrogen-bond donors (Lipinski definition) is 2. The van der Waals surface area contributed by atoms with E-state index in [0.717, 1.165) is 0 Å². The smallest absolute Gasteiger partial charge is 0.273 e. The van der Waals surface area contributed by atoms with Crippen molar-refractivity contribution in [3.63, 3.8) is 0 Å². The van der Waals surface area contributed by atoms with Gasteiger partial charge in [-0.05, 0) is 6.42 Å². The van der Waals surface area contributed by atoms with Gasteiger partial charge < -0.3 is 0 Å². The molecule has 0 aliphatic heterocycles. The molecule has 0 aromatic carbocycles. The molecule has 0 spiro atoms. The van der Waals surface area contributed by atoms with Crippen LogP contribution in [-0.2, 0) is 10.3 Å². The standard InChI is InChI=1S/C4H9NO3S/c1-2-3-4-5-9(6,7)8/h2,5H,1,3-4H2,(H,6,7,8). The zero-order valence-electron chi connectivity index (χ0n) is 4.87. The van der Waals surface area contributed by atoms with E-state index in [-0.39, 0.29) is 6.54 Å². The number of rotatable bonds is 4. The van der Waals surface area contributed by atoms with Crippen LogP contribution in [0.15, 0.2) is 12.7 Å². The summed E-state index contributed by atoms with van der Waals surface area (Å²) in [7, 11) is -3.99. The molecule has 0 saturated heterocycles. The third-order valence-electron chi connectivity index (χ3n) is 0.633. The molecule has 0 heterocycles. The van der Waals surface area contributed by atoms with E-state index in [1.165, 1.54) is 0 Å². The van der Waals surface area contributed by atoms with Crippen LogP contribution in [0.1, 0.15) is 6.42 Å². The second-order valence-electron chi connectivity index (χ2n) is 1.45. The topological polar surface area (TPSA) is 66.4 Å². The maximum atomic E-state index is 9.92. The fourth-order valence-corrected chi connectivity index (χ4v) is 0.666. The van der Waals surface area contributed by atoms with Crippen molar-refractivity contribution >= 4 is 10.3 Å². The first-order valence-corrected chi connectivity index (χ1v) is 3.83. The molecule has 54 valence electrons. The molecule has 0 bridgehead atoms. The quantitative estimate of drug-likeness (QED) is 0.336. The van der Waals surface area contributed by atoms with Gasteiger partial charge in [0.05, 0.1) is 0 Å². The predicted octanol–water partition coefficient (Wildman–Crippen LogP) is -0.0451. The van der Waals surface area contributed by atoms with Gasteiger partial charge in [-0.3, -0.25) is 4.55 Å². The first kappa shape index (κ1) is 8.61. The fraction of sp³-hybridized carbons (Fsp3) is 0.500. The molecular formula is C4H9NO3S. The van der Waals surface area contributed by atoms with E-state index < -0.39 is 10.3 Å². The molecule has 2 N–H and O–H groups in total. The Morgan fingerprint density at radius 2 is 2.22 bits per heavy atom. The van der Waals surface area contributed by atoms with Gasteiger partial charge in [-0.2, -0.15) is 13.1 Å². The summed E-state index contributed by atoms with van der Waals surface area (Å²) in [5, 5.41) is 0. The Morgan fingerprint density at radius 1 is 1.67 bits per heavy atom. The maximum Gasteiger partial charge on any atom is 0.333 e. The molecule has 4 nitrogen and oxygen atoms in total. The first-order valence-electron chi connectivity index (χ1n) is 2.39. The van der Waals surface area contributed by atoms with Gasteiger partial charge in [0.25, 0.3) is 0 Å². The maximum absolute atomic E-state index is 9.92. The summed E-state index contributed by atoms with van der Waals surface area (Å²) >= 11 is 0. The van der Waals surface area contributed by atoms with E-state index in [9.17, 15) is 8.42 Å². The van der Waals surface area contributed by atoms with Gasteiger partial charge in [0.15, 0.2) is 0 Å². The molecule has 0 rings (SSSR count). The average Bonchev–Trinajstić information content (AvgIpc) is 1.63. The van der Waals surface area contributed by atoms with Crippen molar-refractivity contribution in [2.75, 3.05) is 6.54 Å². The lowest BCUT2D eigenvalue weighted by atomic mass is 10.4. The Hall–Kier alpha value is -0.390. The van der Waals surface area contributed by atoms with Crippen LogP contribution in [0.25, 0.3) is 0 Å². The van der Waals surface area contributed by atoms with Crippen LogP contribution < -0.4 is 4.72 Å². The molecule has 9 heavy (non-hydrogen) atoms. The van der Waals surface area contributed by atoms with Gasteiger partial charge in [-0.25, -0.2) is 0 Å². The van der Waals surface area contributed by atoms with Gasteiger partial charge in [0, 0.05) is 6.54 Å². The number of hydrogen-bond acceptors (Lipinski definition) is 2. The molecule has 0 atom stereocenters. The van der Waals surface area contributed by atoms with Crippen LogP contribution >= 0.6 is 0 Å². The molecule has 0 saturated carbocycles. The average molecular weight is 151 g/mol. The van der Waals surface area contributed by atoms with Crippen LogP contribution in [0.4, 0.5) is 0 Å². The van der Waals surface area contributed by atoms with Crippen molar-refractivity contribution in [2.45, 2.75) is 6.42 Å². The zero-order chi connectivity index (χ0) is 7.33. The molecule has 0 unspecified atom stereocenters. The van der Waals surface area contributed by atoms with E-state index >= 15 is 0 Å². The molecular weight excluding hydrogens is 142 g/mol. The van der Waals surface area contributed by atoms with Crippen LogP contribution in [0, 0.1) is 0 Å². The van der Waals surface area contributed by atoms with Crippen molar-refractivity contribution in [3.8, 4) is 0 Å². The molecule has 0 aromatic rings. The summed E-state index contributed by atoms with van der Waals surface area (Å²) in [4.78, 5) is 0. The van der Waals surface area contributed by atoms with Crippen molar-refractivity contribution in [1.29, 1.82) is 0 Å². The minimum absolute atomic E-state index is 0.197. The van der Waals surface area contributed by atoms with Gasteiger partial charge in [-0.1, -0.05) is 6.08 Å². The fourth-order valence-electron chi connectivity index (χ4n) is 0.290. The van der Waals surface area contributed by atoms with Gasteiger partial charge in [0.2, 0.25) is 0 Å². The van der Waals surface area contributed by atoms with Gasteiger partial charge in [0.1, 0.15) is 0 Å². The zero-order valence-corrected chi connectivity index (χ0v) is 5.69. The van der Waals surface area contributed by atoms with E-state index in [1.807, 2.05) is 4.72 Å². The van der Waals surface area contributed by atoms with E-state index in [2.05, 4.69) is 6.58 Å². The lowest BCUT2D eigenvalue weighted by Crippen LogP contribution is -2.22. The molecule has 0 aliphatic carbocycles. The van der Waals surface area contributed by atoms with E-state index in [0.29, 0.717) is 6.42 Å². The van der Waals surface area contributed by atoms with Crippen LogP contribution in [0.5, 0.6) is 0 Å². The lowest BCUT2D eigenvalue weighted by Gasteiger charge is -1.94. The molecule has 0 radical (unpaired) electrons. The summed E-state index contributed by atoms with van der Waals surface area (Å²) in [6, 6.07) is 0. The Bertz CT molecular complexity index is 172. The summed E-state index contributed by atoms with van der Waals surface area (Å²) in [6.07, 6.45) is 2.07. The molecule has 0 aliphatic rings. The lowest BCUT2D eigenvalue weighted by molar-refractivity contribution is 0.468. The highest BCUT2D eigenvalue weighted by Crippen LogP contribution is 1.77. The summed E-state index contributed by atoms with van der Waals surface area (Å²) in [6.45, 7) is 3.56. The summed E-state index contributed by atoms with van der Waals surface area (Å²) in [5.41, 5.74) is 0. The second kappa shape index (κ2) is 3.60. The highest BCUT2D eigenvalue weighted by molar-refractivity contribution is 7.83. The predicted molar refractivity (Wildman–Crippen MR) is 34.4 cm³/mol. The Balaban J connectivity index is 3.40. The monoisotopic (exact) mass is 151 g/mol. The Morgan fingerprint density at radius 3 is 2.56 bits per heavy atom. The van der Waals surface area contributed by atoms with Crippen molar-refractivity contribution in [2.24, 2.45) is 0 Å². The van der Waals surface area contributed by atoms with Crippen molar-refractivity contribution < 1.29 is 13.0 Å². The highest BCUT2D eigenvalue weighted by atomic mass is 32.2. The third-order valence-corrected chi connectivity index (χ3v) is 1.20. The van der Waals surface area contributed by atoms with Gasteiger partial charge in [-0.15, -0.1) is 6.58 Å². The van der Waals surface area contributed by atoms with Gasteiger partial charge >= 0.3 is 10.3 Å². The Kier molecular flexibility index (Phi) is 3.44. The number of nitrogens with one attached hydrogen (secondary N) is 1. The second-order valence-corrected chi connectivity index (χ2v) is 2.69. The van der Waals surface area contributed by atoms with Crippen LogP contribution in [0.2, 0.25) is 0 Å².